The molecule has 0 radical (unpaired) electrons. The summed E-state index contributed by atoms with van der Waals surface area (Å²) in [6, 6.07) is 3.88. The van der Waals surface area contributed by atoms with E-state index >= 15 is 0 Å². The average molecular weight is 314 g/mol. The first-order chi connectivity index (χ1) is 11.0. The highest BCUT2D eigenvalue weighted by Crippen LogP contribution is 2.31. The summed E-state index contributed by atoms with van der Waals surface area (Å²) in [4.78, 5) is 17.0. The van der Waals surface area contributed by atoms with Gasteiger partial charge in [0.05, 0.1) is 30.1 Å². The molecule has 0 aliphatic carbocycles. The van der Waals surface area contributed by atoms with E-state index in [1.807, 2.05) is 32.9 Å². The standard InChI is InChI=1S/C17H22N4O2/c1-10-6-5-7-18-14(10)9-19-17(22)16-13-8-11(2)23-12(3)15(13)20-21(16)4/h5-7,11-12H,8-9H2,1-4H3,(H,19,22)/t11-,12+/m1/s1. The lowest BCUT2D eigenvalue weighted by Crippen LogP contribution is -2.29. The van der Waals surface area contributed by atoms with Crippen molar-refractivity contribution in [2.75, 3.05) is 0 Å². The van der Waals surface area contributed by atoms with Crippen molar-refractivity contribution >= 4 is 5.91 Å². The van der Waals surface area contributed by atoms with Gasteiger partial charge in [-0.1, -0.05) is 6.07 Å². The first-order valence-electron chi connectivity index (χ1n) is 7.87. The predicted molar refractivity (Wildman–Crippen MR) is 86.0 cm³/mol. The lowest BCUT2D eigenvalue weighted by molar-refractivity contribution is -0.00710. The van der Waals surface area contributed by atoms with Crippen molar-refractivity contribution in [3.05, 3.63) is 46.5 Å². The minimum absolute atomic E-state index is 0.0838. The van der Waals surface area contributed by atoms with Gasteiger partial charge in [0, 0.05) is 25.2 Å². The lowest BCUT2D eigenvalue weighted by atomic mass is 9.99. The molecule has 0 saturated heterocycles. The van der Waals surface area contributed by atoms with E-state index in [-0.39, 0.29) is 18.1 Å². The second kappa shape index (κ2) is 6.12. The highest BCUT2D eigenvalue weighted by Gasteiger charge is 2.31. The zero-order chi connectivity index (χ0) is 16.6. The molecule has 1 aliphatic heterocycles. The largest absolute Gasteiger partial charge is 0.369 e. The Kier molecular flexibility index (Phi) is 4.17. The van der Waals surface area contributed by atoms with Crippen LogP contribution in [0.3, 0.4) is 0 Å². The van der Waals surface area contributed by atoms with Crippen LogP contribution in [0.4, 0.5) is 0 Å². The zero-order valence-electron chi connectivity index (χ0n) is 14.0. The van der Waals surface area contributed by atoms with Crippen molar-refractivity contribution in [2.24, 2.45) is 7.05 Å². The van der Waals surface area contributed by atoms with Gasteiger partial charge in [0.2, 0.25) is 0 Å². The van der Waals surface area contributed by atoms with Gasteiger partial charge in [-0.25, -0.2) is 0 Å². The number of ether oxygens (including phenoxy) is 1. The summed E-state index contributed by atoms with van der Waals surface area (Å²) < 4.78 is 7.44. The number of aromatic nitrogens is 3. The average Bonchev–Trinajstić information content (AvgIpc) is 2.83. The number of nitrogens with zero attached hydrogens (tertiary/aromatic N) is 3. The second-order valence-corrected chi connectivity index (χ2v) is 6.08. The highest BCUT2D eigenvalue weighted by atomic mass is 16.5. The first-order valence-corrected chi connectivity index (χ1v) is 7.87. The van der Waals surface area contributed by atoms with Crippen LogP contribution >= 0.6 is 0 Å². The van der Waals surface area contributed by atoms with Crippen LogP contribution in [0.5, 0.6) is 0 Å². The van der Waals surface area contributed by atoms with Crippen LogP contribution in [0, 0.1) is 6.92 Å². The monoisotopic (exact) mass is 314 g/mol. The maximum Gasteiger partial charge on any atom is 0.270 e. The fourth-order valence-corrected chi connectivity index (χ4v) is 3.10. The van der Waals surface area contributed by atoms with Gasteiger partial charge in [-0.15, -0.1) is 0 Å². The molecule has 122 valence electrons. The number of carbonyl (C=O) groups excluding carboxylic acids is 1. The van der Waals surface area contributed by atoms with Crippen LogP contribution in [-0.4, -0.2) is 26.8 Å². The molecule has 3 rings (SSSR count). The van der Waals surface area contributed by atoms with E-state index in [0.717, 1.165) is 22.5 Å². The summed E-state index contributed by atoms with van der Waals surface area (Å²) in [5.41, 5.74) is 4.42. The summed E-state index contributed by atoms with van der Waals surface area (Å²) in [5.74, 6) is -0.118. The van der Waals surface area contributed by atoms with E-state index in [4.69, 9.17) is 4.74 Å². The summed E-state index contributed by atoms with van der Waals surface area (Å²) in [7, 11) is 1.80. The Bertz CT molecular complexity index is 738. The van der Waals surface area contributed by atoms with Crippen molar-refractivity contribution in [3.63, 3.8) is 0 Å². The molecule has 0 saturated carbocycles. The smallest absolute Gasteiger partial charge is 0.270 e. The molecule has 2 aromatic heterocycles. The molecule has 2 aromatic rings. The molecular weight excluding hydrogens is 292 g/mol. The van der Waals surface area contributed by atoms with Gasteiger partial charge in [0.15, 0.2) is 0 Å². The number of pyridine rings is 1. The molecule has 1 N–H and O–H groups in total. The van der Waals surface area contributed by atoms with Gasteiger partial charge in [-0.3, -0.25) is 14.5 Å². The first kappa shape index (κ1) is 15.7. The zero-order valence-corrected chi connectivity index (χ0v) is 14.0. The Morgan fingerprint density at radius 2 is 2.26 bits per heavy atom. The van der Waals surface area contributed by atoms with Gasteiger partial charge in [-0.05, 0) is 32.4 Å². The van der Waals surface area contributed by atoms with Gasteiger partial charge in [0.1, 0.15) is 5.69 Å². The number of aryl methyl sites for hydroxylation is 2. The Labute approximate surface area is 135 Å². The minimum atomic E-state index is -0.118. The Morgan fingerprint density at radius 1 is 1.48 bits per heavy atom. The SMILES string of the molecule is Cc1cccnc1CNC(=O)c1c2c(nn1C)[C@H](C)O[C@H](C)C2. The number of rotatable bonds is 3. The number of hydrogen-bond acceptors (Lipinski definition) is 4. The van der Waals surface area contributed by atoms with Crippen molar-refractivity contribution in [1.29, 1.82) is 0 Å². The Morgan fingerprint density at radius 3 is 3.00 bits per heavy atom. The predicted octanol–water partition coefficient (Wildman–Crippen LogP) is 2.08. The molecule has 0 fully saturated rings. The van der Waals surface area contributed by atoms with Crippen LogP contribution in [-0.2, 0) is 24.8 Å². The van der Waals surface area contributed by atoms with E-state index in [1.54, 1.807) is 17.9 Å². The molecule has 1 amide bonds. The fourth-order valence-electron chi connectivity index (χ4n) is 3.10. The van der Waals surface area contributed by atoms with E-state index in [0.29, 0.717) is 18.7 Å². The third-order valence-electron chi connectivity index (χ3n) is 4.24. The molecule has 0 bridgehead atoms. The normalized spacial score (nSPS) is 20.2. The van der Waals surface area contributed by atoms with E-state index in [1.165, 1.54) is 0 Å². The molecular formula is C17H22N4O2. The van der Waals surface area contributed by atoms with Crippen LogP contribution < -0.4 is 5.32 Å². The van der Waals surface area contributed by atoms with E-state index in [9.17, 15) is 4.79 Å². The van der Waals surface area contributed by atoms with Crippen LogP contribution in [0.2, 0.25) is 0 Å². The second-order valence-electron chi connectivity index (χ2n) is 6.08. The van der Waals surface area contributed by atoms with Crippen molar-refractivity contribution < 1.29 is 9.53 Å². The number of fused-ring (bicyclic) bond motifs is 1. The van der Waals surface area contributed by atoms with E-state index < -0.39 is 0 Å². The Hall–Kier alpha value is -2.21. The number of hydrogen-bond donors (Lipinski definition) is 1. The topological polar surface area (TPSA) is 69.0 Å². The van der Waals surface area contributed by atoms with Crippen molar-refractivity contribution in [1.82, 2.24) is 20.1 Å². The van der Waals surface area contributed by atoms with Gasteiger partial charge >= 0.3 is 0 Å². The maximum atomic E-state index is 12.7. The number of carbonyl (C=O) groups is 1. The van der Waals surface area contributed by atoms with Crippen molar-refractivity contribution in [3.8, 4) is 0 Å². The molecule has 3 heterocycles. The van der Waals surface area contributed by atoms with Crippen molar-refractivity contribution in [2.45, 2.75) is 45.9 Å². The molecule has 1 aliphatic rings. The van der Waals surface area contributed by atoms with E-state index in [2.05, 4.69) is 15.4 Å². The van der Waals surface area contributed by atoms with Crippen LogP contribution in [0.25, 0.3) is 0 Å². The third-order valence-corrected chi connectivity index (χ3v) is 4.24. The lowest BCUT2D eigenvalue weighted by Gasteiger charge is -2.24. The van der Waals surface area contributed by atoms with Gasteiger partial charge < -0.3 is 10.1 Å². The third kappa shape index (κ3) is 2.99. The molecule has 0 unspecified atom stereocenters. The number of amides is 1. The summed E-state index contributed by atoms with van der Waals surface area (Å²) in [5, 5.41) is 7.44. The number of nitrogens with one attached hydrogen (secondary N) is 1. The minimum Gasteiger partial charge on any atom is -0.369 e. The highest BCUT2D eigenvalue weighted by molar-refractivity contribution is 5.94. The van der Waals surface area contributed by atoms with Crippen LogP contribution in [0.1, 0.15) is 53.0 Å². The summed E-state index contributed by atoms with van der Waals surface area (Å²) in [6.07, 6.45) is 2.45. The quantitative estimate of drug-likeness (QED) is 0.941. The van der Waals surface area contributed by atoms with Gasteiger partial charge in [-0.2, -0.15) is 5.10 Å². The molecule has 0 aromatic carbocycles. The van der Waals surface area contributed by atoms with Gasteiger partial charge in [0.25, 0.3) is 5.91 Å². The molecule has 6 nitrogen and oxygen atoms in total. The molecule has 6 heteroatoms. The summed E-state index contributed by atoms with van der Waals surface area (Å²) >= 11 is 0. The maximum absolute atomic E-state index is 12.7. The van der Waals surface area contributed by atoms with Crippen LogP contribution in [0.15, 0.2) is 18.3 Å². The molecule has 23 heavy (non-hydrogen) atoms. The summed E-state index contributed by atoms with van der Waals surface area (Å²) in [6.45, 7) is 6.39. The molecule has 2 atom stereocenters. The Balaban J connectivity index is 1.82. The molecule has 0 spiro atoms. The fraction of sp³-hybridized carbons (Fsp3) is 0.471.